The van der Waals surface area contributed by atoms with Crippen molar-refractivity contribution in [1.82, 2.24) is 0 Å². The van der Waals surface area contributed by atoms with E-state index in [1.807, 2.05) is 12.1 Å². The number of halogens is 2. The number of carbonyl (C=O) groups excluding carboxylic acids is 4. The summed E-state index contributed by atoms with van der Waals surface area (Å²) >= 11 is 6.65. The van der Waals surface area contributed by atoms with Gasteiger partial charge in [-0.15, -0.1) is 0 Å². The number of benzene rings is 5. The van der Waals surface area contributed by atoms with Crippen LogP contribution in [0.3, 0.4) is 0 Å². The molecule has 0 saturated carbocycles. The summed E-state index contributed by atoms with van der Waals surface area (Å²) in [5.41, 5.74) is 2.42. The van der Waals surface area contributed by atoms with Crippen LogP contribution in [-0.2, 0) is 0 Å². The Balaban J connectivity index is 1.20. The molecular weight excluding hydrogens is 664 g/mol. The number of ether oxygens (including phenoxy) is 2. The van der Waals surface area contributed by atoms with Crippen molar-refractivity contribution in [3.8, 4) is 11.5 Å². The van der Waals surface area contributed by atoms with E-state index in [4.69, 9.17) is 9.47 Å². The Hall–Kier alpha value is -4.66. The van der Waals surface area contributed by atoms with Crippen molar-refractivity contribution in [2.45, 2.75) is 0 Å². The quantitative estimate of drug-likeness (QED) is 0.0933. The maximum atomic E-state index is 13.0. The van der Waals surface area contributed by atoms with Gasteiger partial charge in [0.15, 0.2) is 11.6 Å². The van der Waals surface area contributed by atoms with Crippen LogP contribution in [0.4, 0.5) is 0 Å². The highest BCUT2D eigenvalue weighted by molar-refractivity contribution is 9.10. The molecule has 0 aliphatic rings. The highest BCUT2D eigenvalue weighted by Crippen LogP contribution is 2.21. The highest BCUT2D eigenvalue weighted by atomic mass is 79.9. The largest absolute Gasteiger partial charge is 0.423 e. The van der Waals surface area contributed by atoms with E-state index in [9.17, 15) is 19.2 Å². The van der Waals surface area contributed by atoms with Gasteiger partial charge in [-0.3, -0.25) is 9.59 Å². The maximum absolute atomic E-state index is 13.0. The number of ketones is 2. The predicted octanol–water partition coefficient (Wildman–Crippen LogP) is 8.11. The van der Waals surface area contributed by atoms with Crippen LogP contribution >= 0.6 is 31.9 Å². The van der Waals surface area contributed by atoms with Crippen molar-refractivity contribution in [3.63, 3.8) is 0 Å². The maximum Gasteiger partial charge on any atom is 0.343 e. The first-order chi connectivity index (χ1) is 20.3. The van der Waals surface area contributed by atoms with Gasteiger partial charge in [-0.1, -0.05) is 68.3 Å². The van der Waals surface area contributed by atoms with Crippen LogP contribution in [0.2, 0.25) is 0 Å². The summed E-state index contributed by atoms with van der Waals surface area (Å²) in [5.74, 6) is -0.873. The van der Waals surface area contributed by atoms with Gasteiger partial charge in [-0.25, -0.2) is 9.59 Å². The van der Waals surface area contributed by atoms with Gasteiger partial charge in [0, 0.05) is 31.2 Å². The minimum Gasteiger partial charge on any atom is -0.423 e. The van der Waals surface area contributed by atoms with E-state index in [-0.39, 0.29) is 11.6 Å². The van der Waals surface area contributed by atoms with Crippen LogP contribution in [0.1, 0.15) is 52.6 Å². The van der Waals surface area contributed by atoms with E-state index < -0.39 is 11.9 Å². The molecule has 0 atom stereocenters. The first-order valence-corrected chi connectivity index (χ1v) is 14.2. The van der Waals surface area contributed by atoms with Gasteiger partial charge in [-0.2, -0.15) is 0 Å². The molecule has 42 heavy (non-hydrogen) atoms. The predicted molar refractivity (Wildman–Crippen MR) is 164 cm³/mol. The van der Waals surface area contributed by atoms with E-state index in [0.29, 0.717) is 44.9 Å². The third-order valence-corrected chi connectivity index (χ3v) is 7.17. The monoisotopic (exact) mass is 682 g/mol. The molecule has 5 aromatic rings. The third kappa shape index (κ3) is 6.97. The molecule has 0 aromatic heterocycles. The molecule has 0 fully saturated rings. The smallest absolute Gasteiger partial charge is 0.343 e. The Morgan fingerprint density at radius 1 is 0.405 bits per heavy atom. The molecule has 8 heteroatoms. The number of rotatable bonds is 8. The topological polar surface area (TPSA) is 86.7 Å². The van der Waals surface area contributed by atoms with Gasteiger partial charge in [0.25, 0.3) is 0 Å². The van der Waals surface area contributed by atoms with Crippen molar-refractivity contribution in [3.05, 3.63) is 164 Å². The first kappa shape index (κ1) is 28.9. The fourth-order valence-corrected chi connectivity index (χ4v) is 4.82. The van der Waals surface area contributed by atoms with Gasteiger partial charge in [0.1, 0.15) is 11.5 Å². The minimum absolute atomic E-state index is 0.240. The third-order valence-electron chi connectivity index (χ3n) is 6.18. The average molecular weight is 684 g/mol. The number of hydrogen-bond acceptors (Lipinski definition) is 6. The molecule has 0 spiro atoms. The molecule has 0 heterocycles. The van der Waals surface area contributed by atoms with Crippen LogP contribution < -0.4 is 9.47 Å². The molecule has 5 rings (SSSR count). The summed E-state index contributed by atoms with van der Waals surface area (Å²) < 4.78 is 12.3. The standard InChI is InChI=1S/C34H20Br2O6/c35-27-5-1-3-25(19-27)33(39)41-29-15-11-23(12-16-29)31(37)21-7-9-22(10-8-21)32(38)24-13-17-30(18-14-24)42-34(40)26-4-2-6-28(36)20-26/h1-20H. The van der Waals surface area contributed by atoms with Crippen molar-refractivity contribution < 1.29 is 28.7 Å². The lowest BCUT2D eigenvalue weighted by atomic mass is 9.98. The van der Waals surface area contributed by atoms with Crippen molar-refractivity contribution in [2.75, 3.05) is 0 Å². The van der Waals surface area contributed by atoms with Gasteiger partial charge in [-0.05, 0) is 84.9 Å². The molecule has 0 amide bonds. The molecule has 0 unspecified atom stereocenters. The Morgan fingerprint density at radius 3 is 1.02 bits per heavy atom. The summed E-state index contributed by atoms with van der Waals surface area (Å²) in [4.78, 5) is 50.7. The second-order valence-corrected chi connectivity index (χ2v) is 10.9. The van der Waals surface area contributed by atoms with Crippen LogP contribution in [0, 0.1) is 0 Å². The van der Waals surface area contributed by atoms with Crippen molar-refractivity contribution in [2.24, 2.45) is 0 Å². The zero-order valence-corrected chi connectivity index (χ0v) is 24.9. The van der Waals surface area contributed by atoms with Crippen LogP contribution in [0.5, 0.6) is 11.5 Å². The molecular formula is C34H20Br2O6. The van der Waals surface area contributed by atoms with E-state index in [1.165, 1.54) is 0 Å². The number of carbonyl (C=O) groups is 4. The summed E-state index contributed by atoms with van der Waals surface area (Å²) in [6, 6.07) is 32.6. The zero-order valence-electron chi connectivity index (χ0n) is 21.8. The van der Waals surface area contributed by atoms with Gasteiger partial charge in [0.2, 0.25) is 0 Å². The highest BCUT2D eigenvalue weighted by Gasteiger charge is 2.15. The average Bonchev–Trinajstić information content (AvgIpc) is 3.01. The van der Waals surface area contributed by atoms with Crippen molar-refractivity contribution in [1.29, 1.82) is 0 Å². The zero-order chi connectivity index (χ0) is 29.6. The molecule has 0 aliphatic carbocycles. The normalized spacial score (nSPS) is 10.5. The summed E-state index contributed by atoms with van der Waals surface area (Å²) in [7, 11) is 0. The molecule has 206 valence electrons. The molecule has 0 bridgehead atoms. The first-order valence-electron chi connectivity index (χ1n) is 12.6. The lowest BCUT2D eigenvalue weighted by molar-refractivity contribution is 0.0725. The second-order valence-electron chi connectivity index (χ2n) is 9.08. The molecule has 0 N–H and O–H groups in total. The SMILES string of the molecule is O=C(Oc1ccc(C(=O)c2ccc(C(=O)c3ccc(OC(=O)c4cccc(Br)c4)cc3)cc2)cc1)c1cccc(Br)c1. The van der Waals surface area contributed by atoms with E-state index >= 15 is 0 Å². The second kappa shape index (κ2) is 12.9. The van der Waals surface area contributed by atoms with E-state index in [1.54, 1.807) is 109 Å². The van der Waals surface area contributed by atoms with E-state index in [2.05, 4.69) is 31.9 Å². The van der Waals surface area contributed by atoms with Crippen molar-refractivity contribution >= 4 is 55.4 Å². The van der Waals surface area contributed by atoms with E-state index in [0.717, 1.165) is 8.95 Å². The Kier molecular flexibility index (Phi) is 8.85. The summed E-state index contributed by atoms with van der Waals surface area (Å²) in [6.45, 7) is 0. The Bertz CT molecular complexity index is 1660. The van der Waals surface area contributed by atoms with Gasteiger partial charge in [0.05, 0.1) is 11.1 Å². The minimum atomic E-state index is -0.508. The fraction of sp³-hybridized carbons (Fsp3) is 0. The lowest BCUT2D eigenvalue weighted by Crippen LogP contribution is -2.09. The molecule has 6 nitrogen and oxygen atoms in total. The Labute approximate surface area is 258 Å². The van der Waals surface area contributed by atoms with Crippen LogP contribution in [0.25, 0.3) is 0 Å². The number of esters is 2. The van der Waals surface area contributed by atoms with Crippen LogP contribution in [0.15, 0.2) is 130 Å². The summed E-state index contributed by atoms with van der Waals surface area (Å²) in [6.07, 6.45) is 0. The van der Waals surface area contributed by atoms with Gasteiger partial charge < -0.3 is 9.47 Å². The van der Waals surface area contributed by atoms with Gasteiger partial charge >= 0.3 is 11.9 Å². The Morgan fingerprint density at radius 2 is 0.714 bits per heavy atom. The fourth-order valence-electron chi connectivity index (χ4n) is 4.02. The molecule has 0 aliphatic heterocycles. The number of hydrogen-bond donors (Lipinski definition) is 0. The molecule has 5 aromatic carbocycles. The van der Waals surface area contributed by atoms with Crippen LogP contribution in [-0.4, -0.2) is 23.5 Å². The lowest BCUT2D eigenvalue weighted by Gasteiger charge is -2.07. The molecule has 0 radical (unpaired) electrons. The molecule has 0 saturated heterocycles. The summed E-state index contributed by atoms with van der Waals surface area (Å²) in [5, 5.41) is 0.